The van der Waals surface area contributed by atoms with E-state index in [4.69, 9.17) is 5.11 Å². The molecule has 1 atom stereocenters. The van der Waals surface area contributed by atoms with Crippen molar-refractivity contribution in [3.05, 3.63) is 18.2 Å². The van der Waals surface area contributed by atoms with Crippen molar-refractivity contribution in [3.8, 4) is 5.75 Å². The van der Waals surface area contributed by atoms with Gasteiger partial charge in [0.25, 0.3) is 0 Å². The number of fused-ring (bicyclic) bond motifs is 1. The van der Waals surface area contributed by atoms with Gasteiger partial charge >= 0.3 is 0 Å². The Balaban J connectivity index is 2.41. The van der Waals surface area contributed by atoms with E-state index < -0.39 is 0 Å². The quantitative estimate of drug-likeness (QED) is 0.682. The van der Waals surface area contributed by atoms with Gasteiger partial charge in [-0.1, -0.05) is 0 Å². The number of phenols is 1. The molecule has 5 heteroatoms. The summed E-state index contributed by atoms with van der Waals surface area (Å²) in [6, 6.07) is 4.67. The van der Waals surface area contributed by atoms with Crippen LogP contribution in [0.2, 0.25) is 0 Å². The first-order valence-electron chi connectivity index (χ1n) is 5.12. The van der Waals surface area contributed by atoms with Crippen LogP contribution >= 0.6 is 0 Å². The number of carbonyl (C=O) groups excluding carboxylic acids is 1. The number of rotatable bonds is 2. The number of anilines is 2. The van der Waals surface area contributed by atoms with Crippen molar-refractivity contribution >= 4 is 17.3 Å². The average Bonchev–Trinajstić information content (AvgIpc) is 2.26. The molecule has 1 aliphatic rings. The van der Waals surface area contributed by atoms with Gasteiger partial charge in [0.2, 0.25) is 5.91 Å². The van der Waals surface area contributed by atoms with Crippen LogP contribution in [0.25, 0.3) is 0 Å². The molecular formula is C11H14N2O3. The molecule has 0 spiro atoms. The minimum absolute atomic E-state index is 0.0202. The highest BCUT2D eigenvalue weighted by molar-refractivity contribution is 6.01. The number of carbonyl (C=O) groups is 1. The lowest BCUT2D eigenvalue weighted by Crippen LogP contribution is -2.44. The smallest absolute Gasteiger partial charge is 0.243 e. The first-order valence-corrected chi connectivity index (χ1v) is 5.12. The third-order valence-electron chi connectivity index (χ3n) is 2.67. The van der Waals surface area contributed by atoms with Crippen LogP contribution in [-0.2, 0) is 4.79 Å². The van der Waals surface area contributed by atoms with Gasteiger partial charge in [-0.15, -0.1) is 0 Å². The number of nitrogens with one attached hydrogen (secondary N) is 1. The van der Waals surface area contributed by atoms with Crippen LogP contribution in [0.5, 0.6) is 5.75 Å². The van der Waals surface area contributed by atoms with Crippen molar-refractivity contribution in [3.63, 3.8) is 0 Å². The number of hydrogen-bond donors (Lipinski definition) is 3. The summed E-state index contributed by atoms with van der Waals surface area (Å²) in [5.41, 5.74) is 1.40. The van der Waals surface area contributed by atoms with Gasteiger partial charge < -0.3 is 20.4 Å². The Kier molecular flexibility index (Phi) is 2.70. The van der Waals surface area contributed by atoms with Crippen molar-refractivity contribution in [2.45, 2.75) is 13.0 Å². The second-order valence-corrected chi connectivity index (χ2v) is 3.91. The molecule has 1 unspecified atom stereocenters. The van der Waals surface area contributed by atoms with E-state index in [1.165, 1.54) is 6.07 Å². The van der Waals surface area contributed by atoms with Crippen molar-refractivity contribution in [2.75, 3.05) is 23.4 Å². The maximum absolute atomic E-state index is 11.5. The van der Waals surface area contributed by atoms with Crippen LogP contribution in [-0.4, -0.2) is 35.3 Å². The Morgan fingerprint density at radius 1 is 1.56 bits per heavy atom. The highest BCUT2D eigenvalue weighted by atomic mass is 16.3. The monoisotopic (exact) mass is 222 g/mol. The molecule has 0 bridgehead atoms. The van der Waals surface area contributed by atoms with Crippen molar-refractivity contribution in [2.24, 2.45) is 0 Å². The molecule has 5 nitrogen and oxygen atoms in total. The van der Waals surface area contributed by atoms with E-state index >= 15 is 0 Å². The van der Waals surface area contributed by atoms with E-state index in [9.17, 15) is 9.90 Å². The standard InChI is InChI=1S/C11H14N2O3/c1-7(6-14)13-5-11(16)12-9-4-8(15)2-3-10(9)13/h2-4,7,14-15H,5-6H2,1H3,(H,12,16). The lowest BCUT2D eigenvalue weighted by Gasteiger charge is -2.34. The number of nitrogens with zero attached hydrogens (tertiary/aromatic N) is 1. The fourth-order valence-corrected chi connectivity index (χ4v) is 1.80. The van der Waals surface area contributed by atoms with Gasteiger partial charge in [-0.3, -0.25) is 4.79 Å². The molecule has 1 aliphatic heterocycles. The summed E-state index contributed by atoms with van der Waals surface area (Å²) in [4.78, 5) is 13.3. The topological polar surface area (TPSA) is 72.8 Å². The highest BCUT2D eigenvalue weighted by Gasteiger charge is 2.25. The number of hydrogen-bond acceptors (Lipinski definition) is 4. The van der Waals surface area contributed by atoms with Crippen LogP contribution < -0.4 is 10.2 Å². The summed E-state index contributed by atoms with van der Waals surface area (Å²) in [6.07, 6.45) is 0. The number of phenolic OH excluding ortho intramolecular Hbond substituents is 1. The predicted molar refractivity (Wildman–Crippen MR) is 60.6 cm³/mol. The maximum Gasteiger partial charge on any atom is 0.243 e. The summed E-state index contributed by atoms with van der Waals surface area (Å²) >= 11 is 0. The maximum atomic E-state index is 11.5. The van der Waals surface area contributed by atoms with E-state index in [0.29, 0.717) is 5.69 Å². The second kappa shape index (κ2) is 4.02. The molecule has 16 heavy (non-hydrogen) atoms. The largest absolute Gasteiger partial charge is 0.508 e. The van der Waals surface area contributed by atoms with E-state index in [1.807, 2.05) is 11.8 Å². The Hall–Kier alpha value is -1.75. The number of aliphatic hydroxyl groups excluding tert-OH is 1. The molecule has 86 valence electrons. The SMILES string of the molecule is CC(CO)N1CC(=O)Nc2cc(O)ccc21. The normalized spacial score (nSPS) is 16.6. The molecule has 0 aliphatic carbocycles. The molecule has 0 saturated carbocycles. The Bertz CT molecular complexity index is 420. The predicted octanol–water partition coefficient (Wildman–Crippen LogP) is 0.531. The van der Waals surface area contributed by atoms with Crippen LogP contribution in [0.15, 0.2) is 18.2 Å². The molecule has 1 aromatic carbocycles. The number of aliphatic hydroxyl groups is 1. The molecule has 3 N–H and O–H groups in total. The fraction of sp³-hybridized carbons (Fsp3) is 0.364. The average molecular weight is 222 g/mol. The first-order chi connectivity index (χ1) is 7.61. The molecule has 2 rings (SSSR count). The van der Waals surface area contributed by atoms with Gasteiger partial charge in [0.15, 0.2) is 0 Å². The summed E-state index contributed by atoms with van der Waals surface area (Å²) < 4.78 is 0. The van der Waals surface area contributed by atoms with Crippen LogP contribution in [0.1, 0.15) is 6.92 Å². The van der Waals surface area contributed by atoms with Gasteiger partial charge in [-0.2, -0.15) is 0 Å². The van der Waals surface area contributed by atoms with E-state index in [0.717, 1.165) is 5.69 Å². The van der Waals surface area contributed by atoms with Gasteiger partial charge in [0.1, 0.15) is 5.75 Å². The minimum atomic E-state index is -0.140. The zero-order valence-electron chi connectivity index (χ0n) is 8.97. The molecule has 1 amide bonds. The molecule has 1 aromatic rings. The van der Waals surface area contributed by atoms with Crippen molar-refractivity contribution < 1.29 is 15.0 Å². The third kappa shape index (κ3) is 1.81. The van der Waals surface area contributed by atoms with Gasteiger partial charge in [-0.05, 0) is 19.1 Å². The number of benzene rings is 1. The summed E-state index contributed by atoms with van der Waals surface area (Å²) in [5.74, 6) is -0.0315. The number of aromatic hydroxyl groups is 1. The lowest BCUT2D eigenvalue weighted by atomic mass is 10.1. The Morgan fingerprint density at radius 2 is 2.31 bits per heavy atom. The van der Waals surface area contributed by atoms with Crippen LogP contribution in [0.3, 0.4) is 0 Å². The van der Waals surface area contributed by atoms with Crippen molar-refractivity contribution in [1.29, 1.82) is 0 Å². The molecule has 0 radical (unpaired) electrons. The summed E-state index contributed by atoms with van der Waals surface area (Å²) in [7, 11) is 0. The molecular weight excluding hydrogens is 208 g/mol. The Morgan fingerprint density at radius 3 is 3.00 bits per heavy atom. The molecule has 0 aromatic heterocycles. The van der Waals surface area contributed by atoms with Crippen LogP contribution in [0, 0.1) is 0 Å². The van der Waals surface area contributed by atoms with Gasteiger partial charge in [-0.25, -0.2) is 0 Å². The van der Waals surface area contributed by atoms with E-state index in [-0.39, 0.29) is 30.9 Å². The summed E-state index contributed by atoms with van der Waals surface area (Å²) in [5, 5.41) is 21.2. The van der Waals surface area contributed by atoms with Gasteiger partial charge in [0, 0.05) is 12.1 Å². The highest BCUT2D eigenvalue weighted by Crippen LogP contribution is 2.33. The van der Waals surface area contributed by atoms with Gasteiger partial charge in [0.05, 0.1) is 24.5 Å². The Labute approximate surface area is 93.3 Å². The summed E-state index contributed by atoms with van der Waals surface area (Å²) in [6.45, 7) is 2.04. The van der Waals surface area contributed by atoms with E-state index in [1.54, 1.807) is 12.1 Å². The van der Waals surface area contributed by atoms with Crippen LogP contribution in [0.4, 0.5) is 11.4 Å². The lowest BCUT2D eigenvalue weighted by molar-refractivity contribution is -0.115. The second-order valence-electron chi connectivity index (χ2n) is 3.91. The molecule has 0 saturated heterocycles. The van der Waals surface area contributed by atoms with E-state index in [2.05, 4.69) is 5.32 Å². The molecule has 0 fully saturated rings. The number of amides is 1. The fourth-order valence-electron chi connectivity index (χ4n) is 1.80. The molecule has 1 heterocycles. The van der Waals surface area contributed by atoms with Crippen molar-refractivity contribution in [1.82, 2.24) is 0 Å². The first kappa shape index (κ1) is 10.8. The zero-order valence-corrected chi connectivity index (χ0v) is 8.97. The zero-order chi connectivity index (χ0) is 11.7. The third-order valence-corrected chi connectivity index (χ3v) is 2.67. The minimum Gasteiger partial charge on any atom is -0.508 e.